The van der Waals surface area contributed by atoms with Gasteiger partial charge in [-0.1, -0.05) is 36.6 Å². The third-order valence-electron chi connectivity index (χ3n) is 4.03. The number of nitrogens with one attached hydrogen (secondary N) is 2. The maximum atomic E-state index is 12.3. The Morgan fingerprint density at radius 1 is 1.20 bits per heavy atom. The van der Waals surface area contributed by atoms with Crippen molar-refractivity contribution in [2.75, 3.05) is 0 Å². The molecule has 1 aromatic heterocycles. The second-order valence-corrected chi connectivity index (χ2v) is 5.77. The summed E-state index contributed by atoms with van der Waals surface area (Å²) in [5.41, 5.74) is 1.41. The molecule has 2 aromatic rings. The second-order valence-electron chi connectivity index (χ2n) is 5.34. The Morgan fingerprint density at radius 3 is 2.65 bits per heavy atom. The van der Waals surface area contributed by atoms with E-state index in [-0.39, 0.29) is 11.4 Å². The van der Waals surface area contributed by atoms with Crippen LogP contribution in [-0.4, -0.2) is 10.9 Å². The molecule has 104 valence electrons. The fraction of sp³-hybridized carbons (Fsp3) is 0.312. The molecule has 1 amide bonds. The van der Waals surface area contributed by atoms with Crippen molar-refractivity contribution in [3.63, 3.8) is 0 Å². The van der Waals surface area contributed by atoms with Crippen LogP contribution in [0.3, 0.4) is 0 Å². The van der Waals surface area contributed by atoms with E-state index in [9.17, 15) is 4.79 Å². The lowest BCUT2D eigenvalue weighted by atomic mass is 9.88. The molecule has 1 heterocycles. The molecule has 1 saturated carbocycles. The van der Waals surface area contributed by atoms with E-state index >= 15 is 0 Å². The van der Waals surface area contributed by atoms with Crippen LogP contribution in [0, 0.1) is 0 Å². The first-order valence-corrected chi connectivity index (χ1v) is 7.29. The SMILES string of the molecule is O=C(NC1(c2cccc(Cl)c2)CCCC1)c1ccc[nH]1. The number of carbonyl (C=O) groups excluding carboxylic acids is 1. The highest BCUT2D eigenvalue weighted by Crippen LogP contribution is 2.39. The fourth-order valence-corrected chi connectivity index (χ4v) is 3.20. The van der Waals surface area contributed by atoms with Crippen LogP contribution in [0.1, 0.15) is 41.7 Å². The van der Waals surface area contributed by atoms with Crippen LogP contribution in [-0.2, 0) is 5.54 Å². The lowest BCUT2D eigenvalue weighted by Crippen LogP contribution is -2.43. The minimum absolute atomic E-state index is 0.0584. The minimum atomic E-state index is -0.285. The quantitative estimate of drug-likeness (QED) is 0.885. The largest absolute Gasteiger partial charge is 0.357 e. The van der Waals surface area contributed by atoms with E-state index < -0.39 is 0 Å². The molecule has 0 aliphatic heterocycles. The average molecular weight is 289 g/mol. The third kappa shape index (κ3) is 2.46. The molecule has 0 saturated heterocycles. The van der Waals surface area contributed by atoms with E-state index in [1.165, 1.54) is 0 Å². The van der Waals surface area contributed by atoms with E-state index in [0.717, 1.165) is 31.2 Å². The summed E-state index contributed by atoms with van der Waals surface area (Å²) < 4.78 is 0. The molecule has 0 spiro atoms. The molecule has 4 heteroatoms. The first-order valence-electron chi connectivity index (χ1n) is 6.92. The van der Waals surface area contributed by atoms with E-state index in [0.29, 0.717) is 10.7 Å². The Kier molecular flexibility index (Phi) is 3.53. The first-order chi connectivity index (χ1) is 9.70. The van der Waals surface area contributed by atoms with Crippen molar-refractivity contribution in [2.24, 2.45) is 0 Å². The molecule has 3 rings (SSSR count). The standard InChI is InChI=1S/C16H17ClN2O/c17-13-6-3-5-12(11-13)16(8-1-2-9-16)19-15(20)14-7-4-10-18-14/h3-7,10-11,18H,1-2,8-9H2,(H,19,20). The predicted octanol–water partition coefficient (Wildman–Crippen LogP) is 3.87. The summed E-state index contributed by atoms with van der Waals surface area (Å²) in [6.45, 7) is 0. The van der Waals surface area contributed by atoms with Gasteiger partial charge in [-0.05, 0) is 42.7 Å². The van der Waals surface area contributed by atoms with Gasteiger partial charge in [0.15, 0.2) is 0 Å². The van der Waals surface area contributed by atoms with Gasteiger partial charge >= 0.3 is 0 Å². The van der Waals surface area contributed by atoms with Gasteiger partial charge in [0.25, 0.3) is 5.91 Å². The van der Waals surface area contributed by atoms with Gasteiger partial charge in [0.05, 0.1) is 5.54 Å². The number of benzene rings is 1. The van der Waals surface area contributed by atoms with Crippen LogP contribution >= 0.6 is 11.6 Å². The number of hydrogen-bond acceptors (Lipinski definition) is 1. The number of amides is 1. The molecule has 0 unspecified atom stereocenters. The van der Waals surface area contributed by atoms with Crippen molar-refractivity contribution in [2.45, 2.75) is 31.2 Å². The van der Waals surface area contributed by atoms with Crippen molar-refractivity contribution >= 4 is 17.5 Å². The van der Waals surface area contributed by atoms with Crippen molar-refractivity contribution in [3.8, 4) is 0 Å². The fourth-order valence-electron chi connectivity index (χ4n) is 3.01. The molecule has 3 nitrogen and oxygen atoms in total. The summed E-state index contributed by atoms with van der Waals surface area (Å²) in [6, 6.07) is 11.4. The Morgan fingerprint density at radius 2 is 2.00 bits per heavy atom. The van der Waals surface area contributed by atoms with Gasteiger partial charge in [0.1, 0.15) is 5.69 Å². The molecular formula is C16H17ClN2O. The van der Waals surface area contributed by atoms with Crippen LogP contribution < -0.4 is 5.32 Å². The maximum absolute atomic E-state index is 12.3. The molecule has 1 aliphatic rings. The molecule has 1 aromatic carbocycles. The minimum Gasteiger partial charge on any atom is -0.357 e. The van der Waals surface area contributed by atoms with Crippen molar-refractivity contribution < 1.29 is 4.79 Å². The predicted molar refractivity (Wildman–Crippen MR) is 79.9 cm³/mol. The maximum Gasteiger partial charge on any atom is 0.268 e. The Bertz CT molecular complexity index is 601. The second kappa shape index (κ2) is 5.33. The normalized spacial score (nSPS) is 17.1. The molecule has 2 N–H and O–H groups in total. The molecule has 1 fully saturated rings. The topological polar surface area (TPSA) is 44.9 Å². The summed E-state index contributed by atoms with van der Waals surface area (Å²) in [6.07, 6.45) is 5.92. The van der Waals surface area contributed by atoms with Gasteiger partial charge in [-0.15, -0.1) is 0 Å². The van der Waals surface area contributed by atoms with Gasteiger partial charge in [0.2, 0.25) is 0 Å². The molecule has 1 aliphatic carbocycles. The summed E-state index contributed by atoms with van der Waals surface area (Å²) >= 11 is 6.10. The van der Waals surface area contributed by atoms with Crippen LogP contribution in [0.4, 0.5) is 0 Å². The number of aromatic nitrogens is 1. The van der Waals surface area contributed by atoms with E-state index in [2.05, 4.69) is 10.3 Å². The van der Waals surface area contributed by atoms with Crippen LogP contribution in [0.25, 0.3) is 0 Å². The van der Waals surface area contributed by atoms with Crippen LogP contribution in [0.2, 0.25) is 5.02 Å². The highest BCUT2D eigenvalue weighted by atomic mass is 35.5. The van der Waals surface area contributed by atoms with Gasteiger partial charge in [-0.3, -0.25) is 4.79 Å². The highest BCUT2D eigenvalue weighted by Gasteiger charge is 2.37. The monoisotopic (exact) mass is 288 g/mol. The zero-order valence-corrected chi connectivity index (χ0v) is 11.9. The number of carbonyl (C=O) groups is 1. The lowest BCUT2D eigenvalue weighted by Gasteiger charge is -2.31. The molecule has 0 radical (unpaired) electrons. The zero-order chi connectivity index (χ0) is 14.0. The first kappa shape index (κ1) is 13.3. The number of H-pyrrole nitrogens is 1. The van der Waals surface area contributed by atoms with E-state index in [1.54, 1.807) is 12.3 Å². The van der Waals surface area contributed by atoms with Gasteiger partial charge in [0, 0.05) is 11.2 Å². The summed E-state index contributed by atoms with van der Waals surface area (Å²) in [4.78, 5) is 15.3. The smallest absolute Gasteiger partial charge is 0.268 e. The summed E-state index contributed by atoms with van der Waals surface area (Å²) in [7, 11) is 0. The Labute approximate surface area is 123 Å². The van der Waals surface area contributed by atoms with Crippen LogP contribution in [0.5, 0.6) is 0 Å². The molecule has 0 bridgehead atoms. The van der Waals surface area contributed by atoms with E-state index in [1.807, 2.05) is 30.3 Å². The van der Waals surface area contributed by atoms with Gasteiger partial charge in [-0.25, -0.2) is 0 Å². The summed E-state index contributed by atoms with van der Waals surface area (Å²) in [5, 5.41) is 3.92. The molecule has 0 atom stereocenters. The highest BCUT2D eigenvalue weighted by molar-refractivity contribution is 6.30. The average Bonchev–Trinajstić information content (AvgIpc) is 3.10. The molecular weight excluding hydrogens is 272 g/mol. The lowest BCUT2D eigenvalue weighted by molar-refractivity contribution is 0.0893. The van der Waals surface area contributed by atoms with Crippen molar-refractivity contribution in [1.82, 2.24) is 10.3 Å². The molecule has 20 heavy (non-hydrogen) atoms. The zero-order valence-electron chi connectivity index (χ0n) is 11.2. The number of rotatable bonds is 3. The number of aromatic amines is 1. The van der Waals surface area contributed by atoms with Crippen molar-refractivity contribution in [1.29, 1.82) is 0 Å². The van der Waals surface area contributed by atoms with Crippen molar-refractivity contribution in [3.05, 3.63) is 58.9 Å². The van der Waals surface area contributed by atoms with Gasteiger partial charge < -0.3 is 10.3 Å². The third-order valence-corrected chi connectivity index (χ3v) is 4.26. The van der Waals surface area contributed by atoms with Crippen LogP contribution in [0.15, 0.2) is 42.6 Å². The number of hydrogen-bond donors (Lipinski definition) is 2. The summed E-state index contributed by atoms with van der Waals surface area (Å²) in [5.74, 6) is -0.0584. The van der Waals surface area contributed by atoms with Gasteiger partial charge in [-0.2, -0.15) is 0 Å². The van der Waals surface area contributed by atoms with E-state index in [4.69, 9.17) is 11.6 Å². The Balaban J connectivity index is 1.90. The number of halogens is 1. The Hall–Kier alpha value is -1.74.